The monoisotopic (exact) mass is 336 g/mol. The first kappa shape index (κ1) is 15.3. The van der Waals surface area contributed by atoms with E-state index in [0.29, 0.717) is 36.9 Å². The molecule has 1 aliphatic heterocycles. The normalized spacial score (nSPS) is 13.4. The van der Waals surface area contributed by atoms with Crippen LogP contribution in [0.4, 0.5) is 5.95 Å². The SMILES string of the molecule is CNc1ncc(C(=O)N2CCc3oc(-c4cccnc4)nc3C2)cn1. The Bertz CT molecular complexity index is 891. The van der Waals surface area contributed by atoms with Gasteiger partial charge >= 0.3 is 0 Å². The number of carbonyl (C=O) groups is 1. The molecule has 8 nitrogen and oxygen atoms in total. The highest BCUT2D eigenvalue weighted by Crippen LogP contribution is 2.26. The number of hydrogen-bond acceptors (Lipinski definition) is 7. The van der Waals surface area contributed by atoms with Gasteiger partial charge in [0.25, 0.3) is 5.91 Å². The van der Waals surface area contributed by atoms with Gasteiger partial charge in [0.2, 0.25) is 11.8 Å². The van der Waals surface area contributed by atoms with Crippen LogP contribution in [0.3, 0.4) is 0 Å². The standard InChI is InChI=1S/C17H16N6O2/c1-18-17-20-8-12(9-21-17)16(24)23-6-4-14-13(10-23)22-15(25-14)11-3-2-5-19-7-11/h2-3,5,7-9H,4,6,10H2,1H3,(H,18,20,21). The van der Waals surface area contributed by atoms with Crippen molar-refractivity contribution in [2.24, 2.45) is 0 Å². The van der Waals surface area contributed by atoms with Gasteiger partial charge in [0.1, 0.15) is 11.5 Å². The second-order valence-electron chi connectivity index (χ2n) is 5.65. The highest BCUT2D eigenvalue weighted by Gasteiger charge is 2.26. The topological polar surface area (TPSA) is 97.0 Å². The summed E-state index contributed by atoms with van der Waals surface area (Å²) in [6.45, 7) is 0.979. The molecule has 3 aromatic heterocycles. The maximum Gasteiger partial charge on any atom is 0.257 e. The first-order valence-electron chi connectivity index (χ1n) is 7.92. The summed E-state index contributed by atoms with van der Waals surface area (Å²) in [6.07, 6.45) is 7.10. The third kappa shape index (κ3) is 2.93. The summed E-state index contributed by atoms with van der Waals surface area (Å²) in [7, 11) is 1.73. The number of anilines is 1. The number of amides is 1. The van der Waals surface area contributed by atoms with Crippen molar-refractivity contribution >= 4 is 11.9 Å². The molecule has 1 amide bonds. The molecule has 0 aromatic carbocycles. The van der Waals surface area contributed by atoms with Gasteiger partial charge < -0.3 is 14.6 Å². The van der Waals surface area contributed by atoms with Crippen molar-refractivity contribution in [3.63, 3.8) is 0 Å². The summed E-state index contributed by atoms with van der Waals surface area (Å²) in [5, 5.41) is 2.83. The summed E-state index contributed by atoms with van der Waals surface area (Å²) in [5.74, 6) is 1.73. The molecular formula is C17H16N6O2. The summed E-state index contributed by atoms with van der Waals surface area (Å²) in [4.78, 5) is 31.2. The lowest BCUT2D eigenvalue weighted by atomic mass is 10.1. The molecule has 0 aliphatic carbocycles. The molecule has 0 saturated heterocycles. The molecule has 0 unspecified atom stereocenters. The molecule has 4 rings (SSSR count). The second-order valence-corrected chi connectivity index (χ2v) is 5.65. The molecule has 8 heteroatoms. The van der Waals surface area contributed by atoms with E-state index in [9.17, 15) is 4.79 Å². The van der Waals surface area contributed by atoms with Gasteiger partial charge in [-0.15, -0.1) is 0 Å². The minimum atomic E-state index is -0.112. The van der Waals surface area contributed by atoms with E-state index in [4.69, 9.17) is 4.42 Å². The Morgan fingerprint density at radius 3 is 2.84 bits per heavy atom. The molecular weight excluding hydrogens is 320 g/mol. The number of fused-ring (bicyclic) bond motifs is 1. The van der Waals surface area contributed by atoms with Crippen LogP contribution in [-0.4, -0.2) is 44.3 Å². The van der Waals surface area contributed by atoms with Gasteiger partial charge in [-0.3, -0.25) is 9.78 Å². The number of aromatic nitrogens is 4. The highest BCUT2D eigenvalue weighted by molar-refractivity contribution is 5.93. The number of nitrogens with one attached hydrogen (secondary N) is 1. The van der Waals surface area contributed by atoms with Gasteiger partial charge in [-0.05, 0) is 12.1 Å². The van der Waals surface area contributed by atoms with Crippen molar-refractivity contribution in [2.45, 2.75) is 13.0 Å². The zero-order chi connectivity index (χ0) is 17.2. The van der Waals surface area contributed by atoms with Crippen LogP contribution >= 0.6 is 0 Å². The Balaban J connectivity index is 1.54. The first-order chi connectivity index (χ1) is 12.2. The van der Waals surface area contributed by atoms with Crippen molar-refractivity contribution in [3.05, 3.63) is 53.9 Å². The quantitative estimate of drug-likeness (QED) is 0.778. The number of rotatable bonds is 3. The van der Waals surface area contributed by atoms with Gasteiger partial charge in [0.15, 0.2) is 0 Å². The minimum absolute atomic E-state index is 0.112. The molecule has 25 heavy (non-hydrogen) atoms. The van der Waals surface area contributed by atoms with Crippen LogP contribution in [0.1, 0.15) is 21.8 Å². The van der Waals surface area contributed by atoms with Gasteiger partial charge in [-0.1, -0.05) is 0 Å². The highest BCUT2D eigenvalue weighted by atomic mass is 16.4. The Labute approximate surface area is 144 Å². The smallest absolute Gasteiger partial charge is 0.257 e. The lowest BCUT2D eigenvalue weighted by Crippen LogP contribution is -2.36. The van der Waals surface area contributed by atoms with Crippen molar-refractivity contribution in [2.75, 3.05) is 18.9 Å². The molecule has 0 fully saturated rings. The van der Waals surface area contributed by atoms with Crippen LogP contribution in [0.5, 0.6) is 0 Å². The summed E-state index contributed by atoms with van der Waals surface area (Å²) < 4.78 is 5.83. The molecule has 1 N–H and O–H groups in total. The second kappa shape index (κ2) is 6.31. The zero-order valence-corrected chi connectivity index (χ0v) is 13.6. The molecule has 0 spiro atoms. The van der Waals surface area contributed by atoms with Crippen LogP contribution in [-0.2, 0) is 13.0 Å². The van der Waals surface area contributed by atoms with E-state index in [-0.39, 0.29) is 5.91 Å². The number of hydrogen-bond donors (Lipinski definition) is 1. The average Bonchev–Trinajstić information content (AvgIpc) is 3.11. The summed E-state index contributed by atoms with van der Waals surface area (Å²) in [5.41, 5.74) is 2.07. The lowest BCUT2D eigenvalue weighted by Gasteiger charge is -2.25. The molecule has 4 heterocycles. The summed E-state index contributed by atoms with van der Waals surface area (Å²) in [6, 6.07) is 3.73. The predicted molar refractivity (Wildman–Crippen MR) is 89.8 cm³/mol. The van der Waals surface area contributed by atoms with E-state index in [2.05, 4.69) is 25.3 Å². The van der Waals surface area contributed by atoms with E-state index in [1.165, 1.54) is 12.4 Å². The molecule has 126 valence electrons. The van der Waals surface area contributed by atoms with Crippen molar-refractivity contribution in [3.8, 4) is 11.5 Å². The third-order valence-corrected chi connectivity index (χ3v) is 4.05. The van der Waals surface area contributed by atoms with Crippen molar-refractivity contribution < 1.29 is 9.21 Å². The van der Waals surface area contributed by atoms with Crippen LogP contribution in [0.2, 0.25) is 0 Å². The van der Waals surface area contributed by atoms with Gasteiger partial charge in [-0.25, -0.2) is 15.0 Å². The predicted octanol–water partition coefficient (Wildman–Crippen LogP) is 1.77. The number of oxazole rings is 1. The molecule has 0 bridgehead atoms. The van der Waals surface area contributed by atoms with E-state index < -0.39 is 0 Å². The largest absolute Gasteiger partial charge is 0.441 e. The van der Waals surface area contributed by atoms with Crippen LogP contribution in [0, 0.1) is 0 Å². The first-order valence-corrected chi connectivity index (χ1v) is 7.92. The van der Waals surface area contributed by atoms with E-state index in [1.807, 2.05) is 12.1 Å². The van der Waals surface area contributed by atoms with Gasteiger partial charge in [-0.2, -0.15) is 0 Å². The molecule has 3 aromatic rings. The number of pyridine rings is 1. The van der Waals surface area contributed by atoms with Gasteiger partial charge in [0.05, 0.1) is 17.7 Å². The van der Waals surface area contributed by atoms with E-state index >= 15 is 0 Å². The fourth-order valence-corrected chi connectivity index (χ4v) is 2.73. The zero-order valence-electron chi connectivity index (χ0n) is 13.6. The molecule has 0 saturated carbocycles. The molecule has 0 radical (unpaired) electrons. The Kier molecular flexibility index (Phi) is 3.85. The fraction of sp³-hybridized carbons (Fsp3) is 0.235. The van der Waals surface area contributed by atoms with Crippen LogP contribution in [0.15, 0.2) is 41.3 Å². The maximum absolute atomic E-state index is 12.6. The number of carbonyl (C=O) groups excluding carboxylic acids is 1. The molecule has 0 atom stereocenters. The van der Waals surface area contributed by atoms with Gasteiger partial charge in [0, 0.05) is 44.8 Å². The van der Waals surface area contributed by atoms with Crippen molar-refractivity contribution in [1.29, 1.82) is 0 Å². The third-order valence-electron chi connectivity index (χ3n) is 4.05. The minimum Gasteiger partial charge on any atom is -0.441 e. The van der Waals surface area contributed by atoms with Crippen LogP contribution < -0.4 is 5.32 Å². The van der Waals surface area contributed by atoms with Crippen LogP contribution in [0.25, 0.3) is 11.5 Å². The Morgan fingerprint density at radius 1 is 1.28 bits per heavy atom. The summed E-state index contributed by atoms with van der Waals surface area (Å²) >= 11 is 0. The maximum atomic E-state index is 12.6. The fourth-order valence-electron chi connectivity index (χ4n) is 2.73. The Hall–Kier alpha value is -3.29. The lowest BCUT2D eigenvalue weighted by molar-refractivity contribution is 0.0727. The van der Waals surface area contributed by atoms with E-state index in [1.54, 1.807) is 24.3 Å². The number of nitrogens with zero attached hydrogens (tertiary/aromatic N) is 5. The van der Waals surface area contributed by atoms with E-state index in [0.717, 1.165) is 17.0 Å². The average molecular weight is 336 g/mol. The molecule has 1 aliphatic rings. The van der Waals surface area contributed by atoms with Crippen molar-refractivity contribution in [1.82, 2.24) is 24.8 Å². The Morgan fingerprint density at radius 2 is 2.12 bits per heavy atom.